The predicted octanol–water partition coefficient (Wildman–Crippen LogP) is 4.63. The summed E-state index contributed by atoms with van der Waals surface area (Å²) in [5.41, 5.74) is 6.26. The Morgan fingerprint density at radius 1 is 1.18 bits per heavy atom. The summed E-state index contributed by atoms with van der Waals surface area (Å²) in [6, 6.07) is 10.3. The van der Waals surface area contributed by atoms with Crippen molar-refractivity contribution in [1.82, 2.24) is 14.5 Å². The Balaban J connectivity index is 1.92. The van der Waals surface area contributed by atoms with Crippen LogP contribution in [-0.2, 0) is 22.5 Å². The minimum Gasteiger partial charge on any atom is -0.466 e. The van der Waals surface area contributed by atoms with Crippen molar-refractivity contribution in [1.29, 1.82) is 0 Å². The lowest BCUT2D eigenvalue weighted by atomic mass is 10.1. The smallest absolute Gasteiger partial charge is 0.330 e. The van der Waals surface area contributed by atoms with Crippen LogP contribution >= 0.6 is 0 Å². The number of nitrogens with zero attached hydrogens (tertiary/aromatic N) is 3. The molecule has 0 spiro atoms. The van der Waals surface area contributed by atoms with E-state index < -0.39 is 0 Å². The molecule has 2 aromatic heterocycles. The number of ether oxygens (including phenoxy) is 1. The molecule has 5 nitrogen and oxygen atoms in total. The molecule has 1 aromatic carbocycles. The van der Waals surface area contributed by atoms with Crippen molar-refractivity contribution in [3.8, 4) is 0 Å². The van der Waals surface area contributed by atoms with Gasteiger partial charge in [-0.15, -0.1) is 0 Å². The highest BCUT2D eigenvalue weighted by molar-refractivity contribution is 5.86. The second kappa shape index (κ2) is 8.83. The molecule has 0 aliphatic carbocycles. The maximum atomic E-state index is 11.2. The van der Waals surface area contributed by atoms with E-state index in [9.17, 15) is 4.79 Å². The van der Waals surface area contributed by atoms with E-state index in [1.807, 2.05) is 19.1 Å². The first-order valence-corrected chi connectivity index (χ1v) is 9.70. The number of pyridine rings is 1. The number of hydrogen-bond acceptors (Lipinski definition) is 4. The number of carbonyl (C=O) groups excluding carboxylic acids is 1. The second-order valence-electron chi connectivity index (χ2n) is 7.07. The van der Waals surface area contributed by atoms with Crippen LogP contribution in [0.3, 0.4) is 0 Å². The molecule has 0 saturated carbocycles. The molecule has 0 amide bonds. The SMILES string of the molecule is CCCCc1nc2c(C)cc(C)nc2n1Cc1ccc(C=CC(=O)OC)cc1. The summed E-state index contributed by atoms with van der Waals surface area (Å²) in [7, 11) is 1.37. The van der Waals surface area contributed by atoms with E-state index in [-0.39, 0.29) is 5.97 Å². The maximum absolute atomic E-state index is 11.2. The molecule has 0 aliphatic rings. The standard InChI is InChI=1S/C23H27N3O2/c1-5-6-7-20-25-22-16(2)14-17(3)24-23(22)26(20)15-19-10-8-18(9-11-19)12-13-21(27)28-4/h8-14H,5-7,15H2,1-4H3. The molecule has 0 fully saturated rings. The van der Waals surface area contributed by atoms with Crippen molar-refractivity contribution in [3.63, 3.8) is 0 Å². The van der Waals surface area contributed by atoms with Gasteiger partial charge in [-0.25, -0.2) is 14.8 Å². The summed E-state index contributed by atoms with van der Waals surface area (Å²) in [6.07, 6.45) is 6.37. The van der Waals surface area contributed by atoms with Gasteiger partial charge in [0.15, 0.2) is 5.65 Å². The molecule has 146 valence electrons. The molecule has 0 atom stereocenters. The molecule has 0 bridgehead atoms. The summed E-state index contributed by atoms with van der Waals surface area (Å²) in [4.78, 5) is 20.9. The van der Waals surface area contributed by atoms with Crippen LogP contribution in [0.2, 0.25) is 0 Å². The summed E-state index contributed by atoms with van der Waals surface area (Å²) < 4.78 is 6.87. The van der Waals surface area contributed by atoms with Gasteiger partial charge >= 0.3 is 5.97 Å². The number of aromatic nitrogens is 3. The molecule has 0 saturated heterocycles. The highest BCUT2D eigenvalue weighted by Crippen LogP contribution is 2.22. The molecule has 28 heavy (non-hydrogen) atoms. The van der Waals surface area contributed by atoms with Gasteiger partial charge in [0.05, 0.1) is 13.7 Å². The van der Waals surface area contributed by atoms with Crippen LogP contribution in [0.5, 0.6) is 0 Å². The lowest BCUT2D eigenvalue weighted by Gasteiger charge is -2.10. The van der Waals surface area contributed by atoms with Gasteiger partial charge in [0.25, 0.3) is 0 Å². The van der Waals surface area contributed by atoms with Gasteiger partial charge < -0.3 is 9.30 Å². The van der Waals surface area contributed by atoms with Crippen molar-refractivity contribution in [3.05, 3.63) is 64.6 Å². The second-order valence-corrected chi connectivity index (χ2v) is 7.07. The number of aryl methyl sites for hydroxylation is 3. The highest BCUT2D eigenvalue weighted by atomic mass is 16.5. The van der Waals surface area contributed by atoms with E-state index in [2.05, 4.69) is 41.4 Å². The Morgan fingerprint density at radius 3 is 2.61 bits per heavy atom. The summed E-state index contributed by atoms with van der Waals surface area (Å²) in [5.74, 6) is 0.735. The van der Waals surface area contributed by atoms with Crippen LogP contribution in [0.4, 0.5) is 0 Å². The summed E-state index contributed by atoms with van der Waals surface area (Å²) in [5, 5.41) is 0. The van der Waals surface area contributed by atoms with E-state index in [1.54, 1.807) is 6.08 Å². The van der Waals surface area contributed by atoms with Gasteiger partial charge in [0, 0.05) is 18.2 Å². The third-order valence-electron chi connectivity index (χ3n) is 4.79. The topological polar surface area (TPSA) is 57.0 Å². The van der Waals surface area contributed by atoms with E-state index in [4.69, 9.17) is 9.97 Å². The van der Waals surface area contributed by atoms with E-state index in [1.165, 1.54) is 24.3 Å². The van der Waals surface area contributed by atoms with E-state index >= 15 is 0 Å². The van der Waals surface area contributed by atoms with Crippen LogP contribution < -0.4 is 0 Å². The predicted molar refractivity (Wildman–Crippen MR) is 112 cm³/mol. The average Bonchev–Trinajstić information content (AvgIpc) is 3.03. The van der Waals surface area contributed by atoms with Gasteiger partial charge in [-0.05, 0) is 49.1 Å². The largest absolute Gasteiger partial charge is 0.466 e. The van der Waals surface area contributed by atoms with Gasteiger partial charge in [-0.3, -0.25) is 0 Å². The molecule has 5 heteroatoms. The Bertz CT molecular complexity index is 1000. The Hall–Kier alpha value is -2.95. The average molecular weight is 377 g/mol. The monoisotopic (exact) mass is 377 g/mol. The number of unbranched alkanes of at least 4 members (excludes halogenated alkanes) is 1. The maximum Gasteiger partial charge on any atom is 0.330 e. The van der Waals surface area contributed by atoms with Crippen molar-refractivity contribution in [2.45, 2.75) is 46.6 Å². The fourth-order valence-electron chi connectivity index (χ4n) is 3.29. The summed E-state index contributed by atoms with van der Waals surface area (Å²) in [6.45, 7) is 7.05. The van der Waals surface area contributed by atoms with Crippen LogP contribution in [-0.4, -0.2) is 27.6 Å². The third kappa shape index (κ3) is 4.47. The quantitative estimate of drug-likeness (QED) is 0.445. The van der Waals surface area contributed by atoms with Crippen molar-refractivity contribution in [2.75, 3.05) is 7.11 Å². The van der Waals surface area contributed by atoms with Crippen LogP contribution in [0.25, 0.3) is 17.2 Å². The molecule has 3 rings (SSSR count). The lowest BCUT2D eigenvalue weighted by molar-refractivity contribution is -0.134. The molecular formula is C23H27N3O2. The fraction of sp³-hybridized carbons (Fsp3) is 0.348. The fourth-order valence-corrected chi connectivity index (χ4v) is 3.29. The van der Waals surface area contributed by atoms with Crippen molar-refractivity contribution < 1.29 is 9.53 Å². The lowest BCUT2D eigenvalue weighted by Crippen LogP contribution is -2.06. The number of esters is 1. The van der Waals surface area contributed by atoms with Crippen molar-refractivity contribution in [2.24, 2.45) is 0 Å². The van der Waals surface area contributed by atoms with Crippen LogP contribution in [0, 0.1) is 13.8 Å². The zero-order valence-electron chi connectivity index (χ0n) is 17.0. The number of methoxy groups -OCH3 is 1. The first-order chi connectivity index (χ1) is 13.5. The molecular weight excluding hydrogens is 350 g/mol. The Labute approximate surface area is 166 Å². The number of rotatable bonds is 7. The van der Waals surface area contributed by atoms with E-state index in [0.717, 1.165) is 54.1 Å². The molecule has 0 N–H and O–H groups in total. The Morgan fingerprint density at radius 2 is 1.93 bits per heavy atom. The normalized spacial score (nSPS) is 11.4. The molecule has 2 heterocycles. The number of carbonyl (C=O) groups is 1. The molecule has 0 radical (unpaired) electrons. The molecule has 0 unspecified atom stereocenters. The zero-order chi connectivity index (χ0) is 20.1. The minimum atomic E-state index is -0.355. The molecule has 0 aliphatic heterocycles. The van der Waals surface area contributed by atoms with Gasteiger partial charge in [0.2, 0.25) is 0 Å². The number of imidazole rings is 1. The first kappa shape index (κ1) is 19.8. The number of benzene rings is 1. The van der Waals surface area contributed by atoms with Gasteiger partial charge in [0.1, 0.15) is 11.3 Å². The summed E-state index contributed by atoms with van der Waals surface area (Å²) >= 11 is 0. The molecule has 3 aromatic rings. The minimum absolute atomic E-state index is 0.355. The van der Waals surface area contributed by atoms with Crippen LogP contribution in [0.15, 0.2) is 36.4 Å². The van der Waals surface area contributed by atoms with Crippen molar-refractivity contribution >= 4 is 23.2 Å². The zero-order valence-corrected chi connectivity index (χ0v) is 17.0. The van der Waals surface area contributed by atoms with Gasteiger partial charge in [-0.1, -0.05) is 37.6 Å². The number of hydrogen-bond donors (Lipinski definition) is 0. The first-order valence-electron chi connectivity index (χ1n) is 9.70. The number of fused-ring (bicyclic) bond motifs is 1. The van der Waals surface area contributed by atoms with E-state index in [0.29, 0.717) is 0 Å². The van der Waals surface area contributed by atoms with Gasteiger partial charge in [-0.2, -0.15) is 0 Å². The third-order valence-corrected chi connectivity index (χ3v) is 4.79. The van der Waals surface area contributed by atoms with Crippen LogP contribution in [0.1, 0.15) is 48.0 Å². The highest BCUT2D eigenvalue weighted by Gasteiger charge is 2.14. The Kier molecular flexibility index (Phi) is 6.24.